The van der Waals surface area contributed by atoms with Gasteiger partial charge < -0.3 is 20.8 Å². The minimum Gasteiger partial charge on any atom is -0.385 e. The normalized spacial score (nSPS) is 13.8. The van der Waals surface area contributed by atoms with Crippen LogP contribution in [0.1, 0.15) is 22.0 Å². The minimum atomic E-state index is -1.70. The number of benzene rings is 1. The molecule has 0 saturated carbocycles. The molecule has 0 radical (unpaired) electrons. The predicted octanol–water partition coefficient (Wildman–Crippen LogP) is -0.732. The van der Waals surface area contributed by atoms with E-state index in [1.807, 2.05) is 0 Å². The van der Waals surface area contributed by atoms with Crippen LogP contribution in [-0.4, -0.2) is 47.1 Å². The van der Waals surface area contributed by atoms with Gasteiger partial charge >= 0.3 is 0 Å². The van der Waals surface area contributed by atoms with Crippen molar-refractivity contribution in [2.75, 3.05) is 14.1 Å². The molecule has 2 atom stereocenters. The second-order valence-corrected chi connectivity index (χ2v) is 4.12. The van der Waals surface area contributed by atoms with Gasteiger partial charge in [0.05, 0.1) is 0 Å². The summed E-state index contributed by atoms with van der Waals surface area (Å²) in [6.45, 7) is 0. The van der Waals surface area contributed by atoms with Gasteiger partial charge in [-0.05, 0) is 17.7 Å². The van der Waals surface area contributed by atoms with E-state index in [2.05, 4.69) is 0 Å². The van der Waals surface area contributed by atoms with Crippen LogP contribution in [0.15, 0.2) is 24.3 Å². The van der Waals surface area contributed by atoms with Gasteiger partial charge in [-0.25, -0.2) is 0 Å². The maximum Gasteiger partial charge on any atom is 0.253 e. The Balaban J connectivity index is 3.02. The lowest BCUT2D eigenvalue weighted by atomic mass is 10.0. The average molecular weight is 252 g/mol. The van der Waals surface area contributed by atoms with Gasteiger partial charge in [0, 0.05) is 19.7 Å². The highest BCUT2D eigenvalue weighted by Gasteiger charge is 2.24. The number of rotatable bonds is 4. The molecule has 0 bridgehead atoms. The minimum absolute atomic E-state index is 0.238. The lowest BCUT2D eigenvalue weighted by molar-refractivity contribution is -0.131. The molecule has 0 heterocycles. The summed E-state index contributed by atoms with van der Waals surface area (Å²) in [5, 5.41) is 19.1. The molecule has 0 saturated heterocycles. The first kappa shape index (κ1) is 14.1. The van der Waals surface area contributed by atoms with Crippen LogP contribution in [0, 0.1) is 0 Å². The number of hydrogen-bond acceptors (Lipinski definition) is 4. The molecular weight excluding hydrogens is 236 g/mol. The molecule has 0 aromatic heterocycles. The maximum atomic E-state index is 11.7. The Kier molecular flexibility index (Phi) is 4.41. The Hall–Kier alpha value is -1.92. The van der Waals surface area contributed by atoms with Crippen molar-refractivity contribution in [3.63, 3.8) is 0 Å². The number of nitrogens with two attached hydrogens (primary N) is 1. The predicted molar refractivity (Wildman–Crippen MR) is 64.6 cm³/mol. The first-order chi connectivity index (χ1) is 8.34. The third kappa shape index (κ3) is 3.06. The number of aliphatic hydroxyl groups is 2. The Morgan fingerprint density at radius 3 is 2.39 bits per heavy atom. The van der Waals surface area contributed by atoms with Gasteiger partial charge in [0.1, 0.15) is 6.10 Å². The van der Waals surface area contributed by atoms with Crippen LogP contribution >= 0.6 is 0 Å². The summed E-state index contributed by atoms with van der Waals surface area (Å²) in [5.41, 5.74) is 5.51. The van der Waals surface area contributed by atoms with Crippen LogP contribution in [0.25, 0.3) is 0 Å². The number of primary amides is 1. The summed E-state index contributed by atoms with van der Waals surface area (Å²) < 4.78 is 0. The molecule has 2 amide bonds. The van der Waals surface area contributed by atoms with Crippen LogP contribution in [0.4, 0.5) is 0 Å². The third-order valence-electron chi connectivity index (χ3n) is 2.47. The van der Waals surface area contributed by atoms with Crippen molar-refractivity contribution in [1.82, 2.24) is 4.90 Å². The fourth-order valence-corrected chi connectivity index (χ4v) is 1.45. The number of aliphatic hydroxyl groups excluding tert-OH is 2. The fourth-order valence-electron chi connectivity index (χ4n) is 1.45. The van der Waals surface area contributed by atoms with E-state index in [4.69, 9.17) is 5.73 Å². The molecule has 6 nitrogen and oxygen atoms in total. The van der Waals surface area contributed by atoms with Crippen molar-refractivity contribution in [3.8, 4) is 0 Å². The first-order valence-corrected chi connectivity index (χ1v) is 5.31. The number of hydrogen-bond donors (Lipinski definition) is 3. The highest BCUT2D eigenvalue weighted by molar-refractivity contribution is 5.94. The summed E-state index contributed by atoms with van der Waals surface area (Å²) in [4.78, 5) is 23.9. The third-order valence-corrected chi connectivity index (χ3v) is 2.47. The highest BCUT2D eigenvalue weighted by Crippen LogP contribution is 2.18. The lowest BCUT2D eigenvalue weighted by Gasteiger charge is -2.16. The van der Waals surface area contributed by atoms with Crippen molar-refractivity contribution in [3.05, 3.63) is 35.4 Å². The van der Waals surface area contributed by atoms with Crippen LogP contribution in [-0.2, 0) is 4.79 Å². The second-order valence-electron chi connectivity index (χ2n) is 4.12. The zero-order chi connectivity index (χ0) is 13.9. The summed E-state index contributed by atoms with van der Waals surface area (Å²) in [7, 11) is 3.20. The number of nitrogens with zero attached hydrogens (tertiary/aromatic N) is 1. The number of carbonyl (C=O) groups excluding carboxylic acids is 2. The number of amides is 2. The van der Waals surface area contributed by atoms with Crippen LogP contribution in [0.2, 0.25) is 0 Å². The standard InChI is InChI=1S/C12H16N2O4/c1-14(2)12(18)8-5-3-4-7(6-8)9(15)10(16)11(13)17/h3-6,9-10,15-16H,1-2H3,(H2,13,17). The van der Waals surface area contributed by atoms with E-state index in [0.29, 0.717) is 5.56 Å². The van der Waals surface area contributed by atoms with Crippen molar-refractivity contribution < 1.29 is 19.8 Å². The van der Waals surface area contributed by atoms with E-state index < -0.39 is 18.1 Å². The summed E-state index contributed by atoms with van der Waals surface area (Å²) in [6, 6.07) is 6.06. The molecule has 2 unspecified atom stereocenters. The van der Waals surface area contributed by atoms with E-state index in [-0.39, 0.29) is 11.5 Å². The zero-order valence-electron chi connectivity index (χ0n) is 10.2. The van der Waals surface area contributed by atoms with Crippen molar-refractivity contribution in [1.29, 1.82) is 0 Å². The molecule has 0 spiro atoms. The largest absolute Gasteiger partial charge is 0.385 e. The Labute approximate surface area is 105 Å². The van der Waals surface area contributed by atoms with Gasteiger partial charge in [-0.3, -0.25) is 9.59 Å². The second kappa shape index (κ2) is 5.61. The van der Waals surface area contributed by atoms with E-state index in [1.54, 1.807) is 26.2 Å². The number of carbonyl (C=O) groups is 2. The fraction of sp³-hybridized carbons (Fsp3) is 0.333. The average Bonchev–Trinajstić information content (AvgIpc) is 2.35. The molecule has 18 heavy (non-hydrogen) atoms. The van der Waals surface area contributed by atoms with Gasteiger partial charge in [-0.15, -0.1) is 0 Å². The molecular formula is C12H16N2O4. The van der Waals surface area contributed by atoms with Gasteiger partial charge in [0.15, 0.2) is 6.10 Å². The molecule has 0 aliphatic rings. The first-order valence-electron chi connectivity index (χ1n) is 5.31. The van der Waals surface area contributed by atoms with Gasteiger partial charge in [0.2, 0.25) is 5.91 Å². The quantitative estimate of drug-likeness (QED) is 0.657. The molecule has 0 fully saturated rings. The molecule has 1 aromatic carbocycles. The van der Waals surface area contributed by atoms with Crippen molar-refractivity contribution in [2.24, 2.45) is 5.73 Å². The molecule has 1 aromatic rings. The van der Waals surface area contributed by atoms with Crippen molar-refractivity contribution >= 4 is 11.8 Å². The monoisotopic (exact) mass is 252 g/mol. The molecule has 6 heteroatoms. The van der Waals surface area contributed by atoms with Crippen LogP contribution in [0.3, 0.4) is 0 Å². The van der Waals surface area contributed by atoms with Gasteiger partial charge in [-0.2, -0.15) is 0 Å². The molecule has 98 valence electrons. The Morgan fingerprint density at radius 2 is 1.89 bits per heavy atom. The van der Waals surface area contributed by atoms with E-state index in [0.717, 1.165) is 0 Å². The maximum absolute atomic E-state index is 11.7. The molecule has 0 aliphatic heterocycles. The van der Waals surface area contributed by atoms with E-state index in [9.17, 15) is 19.8 Å². The van der Waals surface area contributed by atoms with Crippen LogP contribution in [0.5, 0.6) is 0 Å². The lowest BCUT2D eigenvalue weighted by Crippen LogP contribution is -2.34. The van der Waals surface area contributed by atoms with E-state index in [1.165, 1.54) is 17.0 Å². The van der Waals surface area contributed by atoms with Crippen molar-refractivity contribution in [2.45, 2.75) is 12.2 Å². The Morgan fingerprint density at radius 1 is 1.28 bits per heavy atom. The zero-order valence-corrected chi connectivity index (χ0v) is 10.2. The molecule has 0 aliphatic carbocycles. The summed E-state index contributed by atoms with van der Waals surface area (Å²) in [5.74, 6) is -1.26. The molecule has 1 rings (SSSR count). The van der Waals surface area contributed by atoms with Gasteiger partial charge in [-0.1, -0.05) is 12.1 Å². The highest BCUT2D eigenvalue weighted by atomic mass is 16.3. The van der Waals surface area contributed by atoms with E-state index >= 15 is 0 Å². The molecule has 4 N–H and O–H groups in total. The Bertz CT molecular complexity index is 459. The summed E-state index contributed by atoms with van der Waals surface area (Å²) >= 11 is 0. The summed E-state index contributed by atoms with van der Waals surface area (Å²) in [6.07, 6.45) is -3.15. The van der Waals surface area contributed by atoms with Crippen LogP contribution < -0.4 is 5.73 Å². The topological polar surface area (TPSA) is 104 Å². The smallest absolute Gasteiger partial charge is 0.253 e. The van der Waals surface area contributed by atoms with Gasteiger partial charge in [0.25, 0.3) is 5.91 Å². The SMILES string of the molecule is CN(C)C(=O)c1cccc(C(O)C(O)C(N)=O)c1.